The number of nitrogens with one attached hydrogen (secondary N) is 1. The second-order valence-corrected chi connectivity index (χ2v) is 6.97. The van der Waals surface area contributed by atoms with Gasteiger partial charge in [0.05, 0.1) is 11.3 Å². The highest BCUT2D eigenvalue weighted by atomic mass is 32.2. The summed E-state index contributed by atoms with van der Waals surface area (Å²) in [5.74, 6) is -0.0411. The van der Waals surface area contributed by atoms with Gasteiger partial charge in [0.15, 0.2) is 0 Å². The highest BCUT2D eigenvalue weighted by molar-refractivity contribution is 8.14. The number of amides is 4. The largest absolute Gasteiger partial charge is 0.416 e. The van der Waals surface area contributed by atoms with E-state index >= 15 is 0 Å². The summed E-state index contributed by atoms with van der Waals surface area (Å²) in [5.41, 5.74) is -0.513. The highest BCUT2D eigenvalue weighted by Gasteiger charge is 2.38. The summed E-state index contributed by atoms with van der Waals surface area (Å²) in [6.07, 6.45) is -3.45. The minimum atomic E-state index is -4.42. The van der Waals surface area contributed by atoms with E-state index in [0.717, 1.165) is 23.9 Å². The Morgan fingerprint density at radius 1 is 1.12 bits per heavy atom. The van der Waals surface area contributed by atoms with Crippen LogP contribution < -0.4 is 5.32 Å². The molecule has 1 N–H and O–H groups in total. The molecule has 0 atom stereocenters. The van der Waals surface area contributed by atoms with Crippen LogP contribution in [0.25, 0.3) is 0 Å². The van der Waals surface area contributed by atoms with Crippen molar-refractivity contribution in [1.82, 2.24) is 9.80 Å². The molecule has 0 radical (unpaired) electrons. The first-order chi connectivity index (χ1) is 12.3. The zero-order valence-corrected chi connectivity index (χ0v) is 14.4. The molecule has 6 nitrogen and oxygen atoms in total. The van der Waals surface area contributed by atoms with Gasteiger partial charge in [0.25, 0.3) is 5.24 Å². The summed E-state index contributed by atoms with van der Waals surface area (Å²) in [7, 11) is 0. The third-order valence-corrected chi connectivity index (χ3v) is 5.20. The summed E-state index contributed by atoms with van der Waals surface area (Å²) in [6.45, 7) is 0.720. The van der Waals surface area contributed by atoms with Crippen molar-refractivity contribution in [2.24, 2.45) is 0 Å². The van der Waals surface area contributed by atoms with Gasteiger partial charge in [0, 0.05) is 24.8 Å². The van der Waals surface area contributed by atoms with Gasteiger partial charge in [-0.25, -0.2) is 4.79 Å². The standard InChI is InChI=1S/C16H16F3N3O3S/c17-16(18,19)10-1-3-11(4-2-10)20-14(24)21-7-5-12(6-8-21)22-13(23)9-26-15(22)25/h1-4,12H,5-9H2,(H,20,24). The maximum atomic E-state index is 12.5. The molecule has 2 heterocycles. The number of hydrogen-bond donors (Lipinski definition) is 1. The number of imide groups is 1. The van der Waals surface area contributed by atoms with E-state index in [0.29, 0.717) is 25.9 Å². The molecule has 4 amide bonds. The molecule has 0 aliphatic carbocycles. The third-order valence-electron chi connectivity index (χ3n) is 4.36. The molecular weight excluding hydrogens is 371 g/mol. The first kappa shape index (κ1) is 18.6. The van der Waals surface area contributed by atoms with Crippen LogP contribution in [0, 0.1) is 0 Å². The lowest BCUT2D eigenvalue weighted by Gasteiger charge is -2.35. The number of halogens is 3. The predicted molar refractivity (Wildman–Crippen MR) is 89.8 cm³/mol. The fraction of sp³-hybridized carbons (Fsp3) is 0.438. The maximum Gasteiger partial charge on any atom is 0.416 e. The number of nitrogens with zero attached hydrogens (tertiary/aromatic N) is 2. The zero-order chi connectivity index (χ0) is 18.9. The van der Waals surface area contributed by atoms with E-state index in [1.807, 2.05) is 0 Å². The molecular formula is C16H16F3N3O3S. The Morgan fingerprint density at radius 2 is 1.73 bits per heavy atom. The number of thioether (sulfide) groups is 1. The minimum Gasteiger partial charge on any atom is -0.324 e. The van der Waals surface area contributed by atoms with Gasteiger partial charge in [-0.1, -0.05) is 11.8 Å². The normalized spacial score (nSPS) is 19.2. The average molecular weight is 387 g/mol. The van der Waals surface area contributed by atoms with Gasteiger partial charge in [-0.2, -0.15) is 13.2 Å². The molecule has 1 aromatic carbocycles. The third kappa shape index (κ3) is 3.95. The molecule has 2 fully saturated rings. The molecule has 26 heavy (non-hydrogen) atoms. The van der Waals surface area contributed by atoms with Gasteiger partial charge in [-0.05, 0) is 37.1 Å². The molecule has 0 saturated carbocycles. The smallest absolute Gasteiger partial charge is 0.324 e. The molecule has 10 heteroatoms. The summed E-state index contributed by atoms with van der Waals surface area (Å²) >= 11 is 0.983. The Bertz CT molecular complexity index is 700. The average Bonchev–Trinajstić information content (AvgIpc) is 2.93. The molecule has 2 aliphatic heterocycles. The monoisotopic (exact) mass is 387 g/mol. The van der Waals surface area contributed by atoms with E-state index in [9.17, 15) is 27.6 Å². The van der Waals surface area contributed by atoms with Crippen LogP contribution >= 0.6 is 11.8 Å². The molecule has 3 rings (SSSR count). The second-order valence-electron chi connectivity index (χ2n) is 6.04. The Labute approximate surface area is 151 Å². The molecule has 140 valence electrons. The molecule has 0 spiro atoms. The lowest BCUT2D eigenvalue weighted by Crippen LogP contribution is -2.49. The van der Waals surface area contributed by atoms with Crippen LogP contribution in [0.4, 0.5) is 28.4 Å². The zero-order valence-electron chi connectivity index (χ0n) is 13.6. The number of alkyl halides is 3. The van der Waals surface area contributed by atoms with Crippen molar-refractivity contribution in [2.75, 3.05) is 24.2 Å². The van der Waals surface area contributed by atoms with Crippen molar-refractivity contribution >= 4 is 34.6 Å². The van der Waals surface area contributed by atoms with E-state index in [1.54, 1.807) is 0 Å². The van der Waals surface area contributed by atoms with Crippen LogP contribution in [0.5, 0.6) is 0 Å². The SMILES string of the molecule is O=C(Nc1ccc(C(F)(F)F)cc1)N1CCC(N2C(=O)CSC2=O)CC1. The van der Waals surface area contributed by atoms with Crippen molar-refractivity contribution in [1.29, 1.82) is 0 Å². The number of rotatable bonds is 2. The van der Waals surface area contributed by atoms with Crippen molar-refractivity contribution < 1.29 is 27.6 Å². The number of carbonyl (C=O) groups excluding carboxylic acids is 3. The number of carbonyl (C=O) groups is 3. The molecule has 0 aromatic heterocycles. The van der Waals surface area contributed by atoms with E-state index < -0.39 is 17.8 Å². The van der Waals surface area contributed by atoms with Gasteiger partial charge in [-0.3, -0.25) is 14.5 Å². The number of piperidine rings is 1. The maximum absolute atomic E-state index is 12.5. The topological polar surface area (TPSA) is 69.7 Å². The first-order valence-electron chi connectivity index (χ1n) is 7.98. The summed E-state index contributed by atoms with van der Waals surface area (Å²) in [5, 5.41) is 2.31. The van der Waals surface area contributed by atoms with Crippen LogP contribution in [-0.2, 0) is 11.0 Å². The second kappa shape index (κ2) is 7.18. The quantitative estimate of drug-likeness (QED) is 0.845. The van der Waals surface area contributed by atoms with Gasteiger partial charge < -0.3 is 10.2 Å². The summed E-state index contributed by atoms with van der Waals surface area (Å²) in [4.78, 5) is 38.5. The highest BCUT2D eigenvalue weighted by Crippen LogP contribution is 2.30. The Morgan fingerprint density at radius 3 is 2.23 bits per heavy atom. The molecule has 2 saturated heterocycles. The Kier molecular flexibility index (Phi) is 5.12. The van der Waals surface area contributed by atoms with Crippen LogP contribution in [0.2, 0.25) is 0 Å². The number of urea groups is 1. The van der Waals surface area contributed by atoms with E-state index in [-0.39, 0.29) is 28.6 Å². The number of benzene rings is 1. The van der Waals surface area contributed by atoms with Crippen molar-refractivity contribution in [3.05, 3.63) is 29.8 Å². The summed E-state index contributed by atoms with van der Waals surface area (Å²) < 4.78 is 37.6. The van der Waals surface area contributed by atoms with Crippen LogP contribution in [0.15, 0.2) is 24.3 Å². The lowest BCUT2D eigenvalue weighted by molar-refractivity contribution is -0.137. The Hall–Kier alpha value is -2.23. The lowest BCUT2D eigenvalue weighted by atomic mass is 10.0. The molecule has 2 aliphatic rings. The number of anilines is 1. The van der Waals surface area contributed by atoms with Crippen molar-refractivity contribution in [3.8, 4) is 0 Å². The molecule has 0 bridgehead atoms. The molecule has 1 aromatic rings. The number of hydrogen-bond acceptors (Lipinski definition) is 4. The first-order valence-corrected chi connectivity index (χ1v) is 8.96. The van der Waals surface area contributed by atoms with Gasteiger partial charge in [0.2, 0.25) is 5.91 Å². The van der Waals surface area contributed by atoms with Crippen LogP contribution in [0.1, 0.15) is 18.4 Å². The van der Waals surface area contributed by atoms with Crippen LogP contribution in [0.3, 0.4) is 0 Å². The van der Waals surface area contributed by atoms with E-state index in [1.165, 1.54) is 21.9 Å². The van der Waals surface area contributed by atoms with Crippen LogP contribution in [-0.4, -0.2) is 51.9 Å². The molecule has 0 unspecified atom stereocenters. The van der Waals surface area contributed by atoms with Gasteiger partial charge in [0.1, 0.15) is 0 Å². The van der Waals surface area contributed by atoms with E-state index in [4.69, 9.17) is 0 Å². The number of likely N-dealkylation sites (tertiary alicyclic amines) is 1. The Balaban J connectivity index is 1.54. The fourth-order valence-corrected chi connectivity index (χ4v) is 3.77. The van der Waals surface area contributed by atoms with Crippen molar-refractivity contribution in [3.63, 3.8) is 0 Å². The summed E-state index contributed by atoms with van der Waals surface area (Å²) in [6, 6.07) is 3.59. The van der Waals surface area contributed by atoms with Crippen molar-refractivity contribution in [2.45, 2.75) is 25.1 Å². The fourth-order valence-electron chi connectivity index (χ4n) is 2.99. The van der Waals surface area contributed by atoms with Gasteiger partial charge in [-0.15, -0.1) is 0 Å². The predicted octanol–water partition coefficient (Wildman–Crippen LogP) is 3.40. The minimum absolute atomic E-state index is 0.160. The van der Waals surface area contributed by atoms with E-state index in [2.05, 4.69) is 5.32 Å². The van der Waals surface area contributed by atoms with Gasteiger partial charge >= 0.3 is 12.2 Å².